The second-order valence-corrected chi connectivity index (χ2v) is 7.43. The number of imidazole rings is 1. The van der Waals surface area contributed by atoms with Gasteiger partial charge in [0.05, 0.1) is 11.7 Å². The molecule has 1 aromatic heterocycles. The second-order valence-electron chi connectivity index (χ2n) is 5.95. The summed E-state index contributed by atoms with van der Waals surface area (Å²) in [6, 6.07) is 8.12. The average molecular weight is 338 g/mol. The van der Waals surface area contributed by atoms with Crippen LogP contribution in [-0.4, -0.2) is 19.8 Å². The summed E-state index contributed by atoms with van der Waals surface area (Å²) >= 11 is 12.0. The third-order valence-corrected chi connectivity index (χ3v) is 5.26. The monoisotopic (exact) mass is 337 g/mol. The van der Waals surface area contributed by atoms with Crippen molar-refractivity contribution in [3.63, 3.8) is 0 Å². The fraction of sp³-hybridized carbons (Fsp3) is 0.375. The van der Waals surface area contributed by atoms with E-state index in [1.165, 1.54) is 5.56 Å². The zero-order valence-electron chi connectivity index (χ0n) is 12.2. The largest absolute Gasteiger partial charge is 0.351 e. The lowest BCUT2D eigenvalue weighted by Crippen LogP contribution is -2.32. The van der Waals surface area contributed by atoms with Crippen LogP contribution in [0.15, 0.2) is 43.0 Å². The predicted octanol–water partition coefficient (Wildman–Crippen LogP) is 3.13. The number of halogens is 2. The van der Waals surface area contributed by atoms with E-state index in [4.69, 9.17) is 23.2 Å². The lowest BCUT2D eigenvalue weighted by molar-refractivity contribution is -0.125. The smallest absolute Gasteiger partial charge is 0.229 e. The number of benzene rings is 1. The van der Waals surface area contributed by atoms with Crippen LogP contribution in [0.1, 0.15) is 24.5 Å². The van der Waals surface area contributed by atoms with Crippen LogP contribution in [0.4, 0.5) is 0 Å². The molecule has 2 aromatic rings. The standard InChI is InChI=1S/C16H17Cl2N3O/c1-15(10-16(15,17)18)14(22)20-8-12-2-4-13(5-3-12)9-21-7-6-19-11-21/h2-7,11H,8-10H2,1H3,(H,20,22). The van der Waals surface area contributed by atoms with Crippen LogP contribution in [0, 0.1) is 5.41 Å². The number of aromatic nitrogens is 2. The molecule has 6 heteroatoms. The third kappa shape index (κ3) is 2.99. The second kappa shape index (κ2) is 5.60. The Morgan fingerprint density at radius 3 is 2.50 bits per heavy atom. The van der Waals surface area contributed by atoms with Crippen molar-refractivity contribution in [1.29, 1.82) is 0 Å². The van der Waals surface area contributed by atoms with Crippen LogP contribution in [0.2, 0.25) is 0 Å². The Morgan fingerprint density at radius 1 is 1.32 bits per heavy atom. The summed E-state index contributed by atoms with van der Waals surface area (Å²) in [6.07, 6.45) is 5.97. The van der Waals surface area contributed by atoms with Crippen LogP contribution in [0.5, 0.6) is 0 Å². The highest BCUT2D eigenvalue weighted by Gasteiger charge is 2.67. The zero-order valence-corrected chi connectivity index (χ0v) is 13.7. The van der Waals surface area contributed by atoms with Gasteiger partial charge in [-0.2, -0.15) is 0 Å². The van der Waals surface area contributed by atoms with Crippen molar-refractivity contribution in [2.45, 2.75) is 30.8 Å². The summed E-state index contributed by atoms with van der Waals surface area (Å²) < 4.78 is 1.08. The molecule has 1 saturated carbocycles. The van der Waals surface area contributed by atoms with Gasteiger partial charge < -0.3 is 9.88 Å². The van der Waals surface area contributed by atoms with Crippen molar-refractivity contribution in [2.24, 2.45) is 5.41 Å². The minimum atomic E-state index is -0.925. The van der Waals surface area contributed by atoms with Gasteiger partial charge in [-0.1, -0.05) is 24.3 Å². The average Bonchev–Trinajstić information content (AvgIpc) is 2.83. The molecule has 22 heavy (non-hydrogen) atoms. The molecule has 0 spiro atoms. The van der Waals surface area contributed by atoms with Gasteiger partial charge >= 0.3 is 0 Å². The molecule has 1 atom stereocenters. The van der Waals surface area contributed by atoms with E-state index in [1.54, 1.807) is 19.4 Å². The molecule has 1 fully saturated rings. The highest BCUT2D eigenvalue weighted by atomic mass is 35.5. The normalized spacial score (nSPS) is 22.3. The maximum atomic E-state index is 12.1. The van der Waals surface area contributed by atoms with Crippen molar-refractivity contribution < 1.29 is 4.79 Å². The minimum Gasteiger partial charge on any atom is -0.351 e. The molecule has 1 aliphatic rings. The molecule has 1 amide bonds. The number of hydrogen-bond donors (Lipinski definition) is 1. The minimum absolute atomic E-state index is 0.0972. The Hall–Kier alpha value is -1.52. The maximum Gasteiger partial charge on any atom is 0.229 e. The first kappa shape index (κ1) is 15.4. The molecule has 0 saturated heterocycles. The van der Waals surface area contributed by atoms with E-state index in [2.05, 4.69) is 10.3 Å². The van der Waals surface area contributed by atoms with Crippen molar-refractivity contribution in [3.8, 4) is 0 Å². The van der Waals surface area contributed by atoms with E-state index in [-0.39, 0.29) is 5.91 Å². The van der Waals surface area contributed by atoms with E-state index in [1.807, 2.05) is 35.0 Å². The van der Waals surface area contributed by atoms with Crippen LogP contribution < -0.4 is 5.32 Å². The summed E-state index contributed by atoms with van der Waals surface area (Å²) in [4.78, 5) is 16.1. The summed E-state index contributed by atoms with van der Waals surface area (Å²) in [5.41, 5.74) is 1.56. The Kier molecular flexibility index (Phi) is 3.91. The molecule has 4 nitrogen and oxygen atoms in total. The number of nitrogens with zero attached hydrogens (tertiary/aromatic N) is 2. The number of carbonyl (C=O) groups is 1. The first-order valence-corrected chi connectivity index (χ1v) is 7.86. The topological polar surface area (TPSA) is 46.9 Å². The number of carbonyl (C=O) groups excluding carboxylic acids is 1. The van der Waals surface area contributed by atoms with Gasteiger partial charge in [0, 0.05) is 25.5 Å². The van der Waals surface area contributed by atoms with Gasteiger partial charge in [0.25, 0.3) is 0 Å². The number of rotatable bonds is 5. The van der Waals surface area contributed by atoms with E-state index < -0.39 is 9.75 Å². The lowest BCUT2D eigenvalue weighted by atomic mass is 10.1. The van der Waals surface area contributed by atoms with Crippen molar-refractivity contribution in [2.75, 3.05) is 0 Å². The van der Waals surface area contributed by atoms with E-state index in [0.717, 1.165) is 12.1 Å². The molecular formula is C16H17Cl2N3O. The molecule has 0 aliphatic heterocycles. The maximum absolute atomic E-state index is 12.1. The molecule has 0 bridgehead atoms. The fourth-order valence-corrected chi connectivity index (χ4v) is 3.08. The van der Waals surface area contributed by atoms with Gasteiger partial charge in [0.1, 0.15) is 4.33 Å². The highest BCUT2D eigenvalue weighted by molar-refractivity contribution is 6.53. The number of alkyl halides is 2. The summed E-state index contributed by atoms with van der Waals surface area (Å²) in [5, 5.41) is 2.90. The van der Waals surface area contributed by atoms with Gasteiger partial charge in [-0.25, -0.2) is 4.98 Å². The Bertz CT molecular complexity index is 667. The van der Waals surface area contributed by atoms with Crippen molar-refractivity contribution >= 4 is 29.1 Å². The van der Waals surface area contributed by atoms with Crippen LogP contribution >= 0.6 is 23.2 Å². The highest BCUT2D eigenvalue weighted by Crippen LogP contribution is 2.63. The predicted molar refractivity (Wildman–Crippen MR) is 86.8 cm³/mol. The van der Waals surface area contributed by atoms with Crippen molar-refractivity contribution in [1.82, 2.24) is 14.9 Å². The molecular weight excluding hydrogens is 321 g/mol. The van der Waals surface area contributed by atoms with Crippen molar-refractivity contribution in [3.05, 3.63) is 54.1 Å². The first-order chi connectivity index (χ1) is 10.4. The lowest BCUT2D eigenvalue weighted by Gasteiger charge is -2.13. The molecule has 1 aromatic carbocycles. The molecule has 3 rings (SSSR count). The van der Waals surface area contributed by atoms with Gasteiger partial charge in [-0.05, 0) is 24.5 Å². The molecule has 0 radical (unpaired) electrons. The van der Waals surface area contributed by atoms with E-state index in [9.17, 15) is 4.79 Å². The molecule has 116 valence electrons. The SMILES string of the molecule is CC1(C(=O)NCc2ccc(Cn3ccnc3)cc2)CC1(Cl)Cl. The number of nitrogens with one attached hydrogen (secondary N) is 1. The fourth-order valence-electron chi connectivity index (χ4n) is 2.38. The van der Waals surface area contributed by atoms with Gasteiger partial charge in [0.2, 0.25) is 5.91 Å². The quantitative estimate of drug-likeness (QED) is 0.852. The van der Waals surface area contributed by atoms with Crippen LogP contribution in [0.25, 0.3) is 0 Å². The van der Waals surface area contributed by atoms with Crippen LogP contribution in [0.3, 0.4) is 0 Å². The zero-order chi connectivity index (χ0) is 15.8. The van der Waals surface area contributed by atoms with E-state index in [0.29, 0.717) is 13.0 Å². The number of amides is 1. The summed E-state index contributed by atoms with van der Waals surface area (Å²) in [6.45, 7) is 3.05. The van der Waals surface area contributed by atoms with Gasteiger partial charge in [-0.3, -0.25) is 4.79 Å². The molecule has 1 N–H and O–H groups in total. The molecule has 1 aliphatic carbocycles. The Labute approximate surface area is 139 Å². The summed E-state index contributed by atoms with van der Waals surface area (Å²) in [5.74, 6) is -0.0972. The molecule has 1 heterocycles. The van der Waals surface area contributed by atoms with E-state index >= 15 is 0 Å². The van der Waals surface area contributed by atoms with Gasteiger partial charge in [-0.15, -0.1) is 23.2 Å². The first-order valence-electron chi connectivity index (χ1n) is 7.10. The van der Waals surface area contributed by atoms with Gasteiger partial charge in [0.15, 0.2) is 0 Å². The molecule has 1 unspecified atom stereocenters. The number of hydrogen-bond acceptors (Lipinski definition) is 2. The summed E-state index contributed by atoms with van der Waals surface area (Å²) in [7, 11) is 0. The third-order valence-electron chi connectivity index (χ3n) is 4.16. The van der Waals surface area contributed by atoms with Crippen LogP contribution in [-0.2, 0) is 17.9 Å². The Morgan fingerprint density at radius 2 is 1.95 bits per heavy atom. The Balaban J connectivity index is 1.54.